The molecular formula is C24H23N5OS. The van der Waals surface area contributed by atoms with Gasteiger partial charge in [-0.3, -0.25) is 4.79 Å². The van der Waals surface area contributed by atoms with Gasteiger partial charge in [-0.1, -0.05) is 90.1 Å². The maximum atomic E-state index is 13.1. The Morgan fingerprint density at radius 3 is 2.06 bits per heavy atom. The van der Waals surface area contributed by atoms with Crippen molar-refractivity contribution in [3.8, 4) is 5.69 Å². The Kier molecular flexibility index (Phi) is 6.43. The number of aromatic nitrogens is 4. The fourth-order valence-corrected chi connectivity index (χ4v) is 4.04. The first kappa shape index (κ1) is 20.8. The number of thioether (sulfide) groups is 1. The summed E-state index contributed by atoms with van der Waals surface area (Å²) in [5, 5.41) is 15.4. The van der Waals surface area contributed by atoms with Crippen LogP contribution in [0.4, 0.5) is 0 Å². The zero-order chi connectivity index (χ0) is 21.6. The van der Waals surface area contributed by atoms with E-state index in [9.17, 15) is 4.79 Å². The monoisotopic (exact) mass is 429 g/mol. The number of nitrogens with one attached hydrogen (secondary N) is 1. The SMILES string of the molecule is Cc1ccc(-n2nnnc2SC(C)C(=O)NC(c2ccccc2)c2ccccc2)cc1. The summed E-state index contributed by atoms with van der Waals surface area (Å²) < 4.78 is 1.65. The topological polar surface area (TPSA) is 72.7 Å². The van der Waals surface area contributed by atoms with Gasteiger partial charge in [0.05, 0.1) is 17.0 Å². The molecule has 1 unspecified atom stereocenters. The predicted molar refractivity (Wildman–Crippen MR) is 122 cm³/mol. The van der Waals surface area contributed by atoms with E-state index in [1.165, 1.54) is 11.8 Å². The van der Waals surface area contributed by atoms with Crippen molar-refractivity contribution < 1.29 is 4.79 Å². The molecule has 1 amide bonds. The molecule has 0 bridgehead atoms. The molecule has 4 rings (SSSR count). The van der Waals surface area contributed by atoms with Crippen LogP contribution in [0.25, 0.3) is 5.69 Å². The molecule has 0 saturated heterocycles. The Hall–Kier alpha value is -3.45. The maximum absolute atomic E-state index is 13.1. The highest BCUT2D eigenvalue weighted by Gasteiger charge is 2.23. The van der Waals surface area contributed by atoms with Crippen LogP contribution in [0.2, 0.25) is 0 Å². The minimum Gasteiger partial charge on any atom is -0.344 e. The standard InChI is InChI=1S/C24H23N5OS/c1-17-13-15-21(16-14-17)29-24(26-27-28-29)31-18(2)23(30)25-22(19-9-5-3-6-10-19)20-11-7-4-8-12-20/h3-16,18,22H,1-2H3,(H,25,30). The van der Waals surface area contributed by atoms with Gasteiger partial charge >= 0.3 is 0 Å². The van der Waals surface area contributed by atoms with Crippen molar-refractivity contribution in [2.75, 3.05) is 0 Å². The third-order valence-electron chi connectivity index (χ3n) is 4.92. The van der Waals surface area contributed by atoms with E-state index in [1.54, 1.807) is 4.68 Å². The molecule has 31 heavy (non-hydrogen) atoms. The molecule has 0 radical (unpaired) electrons. The highest BCUT2D eigenvalue weighted by molar-refractivity contribution is 8.00. The lowest BCUT2D eigenvalue weighted by atomic mass is 9.98. The second kappa shape index (κ2) is 9.57. The second-order valence-electron chi connectivity index (χ2n) is 7.23. The minimum atomic E-state index is -0.384. The summed E-state index contributed by atoms with van der Waals surface area (Å²) in [6, 6.07) is 27.6. The molecule has 156 valence electrons. The smallest absolute Gasteiger partial charge is 0.234 e. The van der Waals surface area contributed by atoms with Crippen molar-refractivity contribution in [1.29, 1.82) is 0 Å². The van der Waals surface area contributed by atoms with E-state index in [4.69, 9.17) is 0 Å². The lowest BCUT2D eigenvalue weighted by Crippen LogP contribution is -2.35. The molecule has 0 aliphatic rings. The van der Waals surface area contributed by atoms with Gasteiger partial charge in [0.25, 0.3) is 0 Å². The van der Waals surface area contributed by atoms with Crippen LogP contribution in [0, 0.1) is 6.92 Å². The molecule has 1 N–H and O–H groups in total. The number of rotatable bonds is 7. The predicted octanol–water partition coefficient (Wildman–Crippen LogP) is 4.36. The quantitative estimate of drug-likeness (QED) is 0.442. The Morgan fingerprint density at radius 2 is 1.48 bits per heavy atom. The van der Waals surface area contributed by atoms with Crippen LogP contribution in [-0.2, 0) is 4.79 Å². The average Bonchev–Trinajstić information content (AvgIpc) is 3.27. The van der Waals surface area contributed by atoms with E-state index >= 15 is 0 Å². The van der Waals surface area contributed by atoms with Crippen LogP contribution in [0.15, 0.2) is 90.1 Å². The number of carbonyl (C=O) groups excluding carboxylic acids is 1. The zero-order valence-corrected chi connectivity index (χ0v) is 18.2. The third-order valence-corrected chi connectivity index (χ3v) is 5.96. The van der Waals surface area contributed by atoms with Crippen LogP contribution < -0.4 is 5.32 Å². The van der Waals surface area contributed by atoms with E-state index in [2.05, 4.69) is 20.8 Å². The van der Waals surface area contributed by atoms with Gasteiger partial charge in [-0.05, 0) is 47.5 Å². The number of benzene rings is 3. The first-order chi connectivity index (χ1) is 15.1. The van der Waals surface area contributed by atoms with Crippen molar-refractivity contribution in [3.63, 3.8) is 0 Å². The summed E-state index contributed by atoms with van der Waals surface area (Å²) in [6.45, 7) is 3.89. The summed E-state index contributed by atoms with van der Waals surface area (Å²) >= 11 is 1.33. The fourth-order valence-electron chi connectivity index (χ4n) is 3.22. The second-order valence-corrected chi connectivity index (χ2v) is 8.54. The minimum absolute atomic E-state index is 0.0823. The number of amides is 1. The van der Waals surface area contributed by atoms with Gasteiger partial charge in [0.15, 0.2) is 0 Å². The Balaban J connectivity index is 1.52. The van der Waals surface area contributed by atoms with Crippen LogP contribution in [-0.4, -0.2) is 31.4 Å². The summed E-state index contributed by atoms with van der Waals surface area (Å²) in [5.74, 6) is -0.0823. The van der Waals surface area contributed by atoms with Crippen LogP contribution in [0.3, 0.4) is 0 Å². The van der Waals surface area contributed by atoms with Crippen molar-refractivity contribution in [3.05, 3.63) is 102 Å². The van der Waals surface area contributed by atoms with Crippen molar-refractivity contribution in [2.24, 2.45) is 0 Å². The maximum Gasteiger partial charge on any atom is 0.234 e. The summed E-state index contributed by atoms with van der Waals surface area (Å²) in [4.78, 5) is 13.1. The number of hydrogen-bond acceptors (Lipinski definition) is 5. The Bertz CT molecular complexity index is 1090. The highest BCUT2D eigenvalue weighted by Crippen LogP contribution is 2.26. The highest BCUT2D eigenvalue weighted by atomic mass is 32.2. The molecule has 4 aromatic rings. The largest absolute Gasteiger partial charge is 0.344 e. The van der Waals surface area contributed by atoms with Crippen LogP contribution >= 0.6 is 11.8 Å². The molecule has 1 heterocycles. The number of tetrazole rings is 1. The van der Waals surface area contributed by atoms with Gasteiger partial charge in [0, 0.05) is 0 Å². The molecule has 1 atom stereocenters. The molecular weight excluding hydrogens is 406 g/mol. The zero-order valence-electron chi connectivity index (χ0n) is 17.3. The van der Waals surface area contributed by atoms with Gasteiger partial charge in [0.1, 0.15) is 0 Å². The molecule has 0 fully saturated rings. The van der Waals surface area contributed by atoms with Crippen LogP contribution in [0.5, 0.6) is 0 Å². The molecule has 6 nitrogen and oxygen atoms in total. The molecule has 0 aliphatic carbocycles. The Morgan fingerprint density at radius 1 is 0.903 bits per heavy atom. The molecule has 0 spiro atoms. The van der Waals surface area contributed by atoms with Gasteiger partial charge < -0.3 is 5.32 Å². The van der Waals surface area contributed by atoms with Crippen LogP contribution in [0.1, 0.15) is 29.7 Å². The normalized spacial score (nSPS) is 12.0. The van der Waals surface area contributed by atoms with Crippen molar-refractivity contribution >= 4 is 17.7 Å². The lowest BCUT2D eigenvalue weighted by Gasteiger charge is -2.22. The summed E-state index contributed by atoms with van der Waals surface area (Å²) in [7, 11) is 0. The van der Waals surface area contributed by atoms with E-state index in [0.29, 0.717) is 5.16 Å². The summed E-state index contributed by atoms with van der Waals surface area (Å²) in [6.07, 6.45) is 0. The average molecular weight is 430 g/mol. The van der Waals surface area contributed by atoms with Gasteiger partial charge in [-0.2, -0.15) is 4.68 Å². The number of aryl methyl sites for hydroxylation is 1. The lowest BCUT2D eigenvalue weighted by molar-refractivity contribution is -0.120. The van der Waals surface area contributed by atoms with Gasteiger partial charge in [0.2, 0.25) is 11.1 Å². The molecule has 1 aromatic heterocycles. The van der Waals surface area contributed by atoms with E-state index < -0.39 is 0 Å². The van der Waals surface area contributed by atoms with Gasteiger partial charge in [-0.15, -0.1) is 5.10 Å². The van der Waals surface area contributed by atoms with Gasteiger partial charge in [-0.25, -0.2) is 0 Å². The fraction of sp³-hybridized carbons (Fsp3) is 0.167. The summed E-state index contributed by atoms with van der Waals surface area (Å²) in [5.41, 5.74) is 4.08. The van der Waals surface area contributed by atoms with Crippen molar-refractivity contribution in [2.45, 2.75) is 30.3 Å². The molecule has 7 heteroatoms. The first-order valence-corrected chi connectivity index (χ1v) is 10.9. The third kappa shape index (κ3) is 5.00. The number of carbonyl (C=O) groups is 1. The Labute approximate surface area is 185 Å². The van der Waals surface area contributed by atoms with E-state index in [-0.39, 0.29) is 17.2 Å². The number of nitrogens with zero attached hydrogens (tertiary/aromatic N) is 4. The first-order valence-electron chi connectivity index (χ1n) is 10.0. The van der Waals surface area contributed by atoms with E-state index in [1.807, 2.05) is 98.8 Å². The molecule has 0 aliphatic heterocycles. The van der Waals surface area contributed by atoms with E-state index in [0.717, 1.165) is 22.4 Å². The molecule has 0 saturated carbocycles. The van der Waals surface area contributed by atoms with Crippen molar-refractivity contribution in [1.82, 2.24) is 25.5 Å². The molecule has 3 aromatic carbocycles. The number of hydrogen-bond donors (Lipinski definition) is 1.